The van der Waals surface area contributed by atoms with Crippen LogP contribution in [0.25, 0.3) is 0 Å². The van der Waals surface area contributed by atoms with Crippen molar-refractivity contribution in [1.82, 2.24) is 0 Å². The van der Waals surface area contributed by atoms with Crippen LogP contribution in [0.15, 0.2) is 30.3 Å². The van der Waals surface area contributed by atoms with Gasteiger partial charge in [0, 0.05) is 0 Å². The van der Waals surface area contributed by atoms with Crippen molar-refractivity contribution < 1.29 is 9.84 Å². The van der Waals surface area contributed by atoms with Gasteiger partial charge in [-0.2, -0.15) is 0 Å². The highest BCUT2D eigenvalue weighted by atomic mass is 35.5. The van der Waals surface area contributed by atoms with E-state index in [1.807, 2.05) is 30.3 Å². The molecule has 1 fully saturated rings. The Hall–Kier alpha value is -0.570. The smallest absolute Gasteiger partial charge is 0.0965 e. The van der Waals surface area contributed by atoms with E-state index in [9.17, 15) is 5.11 Å². The highest BCUT2D eigenvalue weighted by Gasteiger charge is 2.30. The van der Waals surface area contributed by atoms with Crippen molar-refractivity contribution in [3.63, 3.8) is 0 Å². The number of aliphatic hydroxyl groups excluding tert-OH is 1. The topological polar surface area (TPSA) is 29.5 Å². The summed E-state index contributed by atoms with van der Waals surface area (Å²) in [5.41, 5.74) is 1.13. The minimum atomic E-state index is -0.529. The zero-order chi connectivity index (χ0) is 11.4. The summed E-state index contributed by atoms with van der Waals surface area (Å²) in [6, 6.07) is 10.00. The summed E-state index contributed by atoms with van der Waals surface area (Å²) in [5.74, 6) is 0. The van der Waals surface area contributed by atoms with Crippen LogP contribution >= 0.6 is 11.6 Å². The zero-order valence-electron chi connectivity index (χ0n) is 9.18. The molecule has 2 rings (SSSR count). The number of rotatable bonds is 3. The number of halogens is 1. The zero-order valence-corrected chi connectivity index (χ0v) is 9.94. The van der Waals surface area contributed by atoms with E-state index in [0.717, 1.165) is 24.8 Å². The third-order valence-electron chi connectivity index (χ3n) is 3.03. The van der Waals surface area contributed by atoms with Crippen molar-refractivity contribution in [2.45, 2.75) is 43.5 Å². The average Bonchev–Trinajstić information content (AvgIpc) is 2.32. The van der Waals surface area contributed by atoms with Gasteiger partial charge in [-0.05, 0) is 24.8 Å². The van der Waals surface area contributed by atoms with Crippen molar-refractivity contribution in [3.8, 4) is 0 Å². The lowest BCUT2D eigenvalue weighted by Crippen LogP contribution is -2.39. The first kappa shape index (κ1) is 11.9. The molecule has 16 heavy (non-hydrogen) atoms. The highest BCUT2D eigenvalue weighted by Crippen LogP contribution is 2.26. The van der Waals surface area contributed by atoms with Crippen LogP contribution < -0.4 is 0 Å². The third-order valence-corrected chi connectivity index (χ3v) is 3.50. The van der Waals surface area contributed by atoms with Gasteiger partial charge in [0.05, 0.1) is 24.2 Å². The molecule has 0 bridgehead atoms. The van der Waals surface area contributed by atoms with Gasteiger partial charge in [0.2, 0.25) is 0 Å². The fourth-order valence-corrected chi connectivity index (χ4v) is 2.36. The van der Waals surface area contributed by atoms with E-state index in [2.05, 4.69) is 0 Å². The maximum Gasteiger partial charge on any atom is 0.0965 e. The number of alkyl halides is 1. The van der Waals surface area contributed by atoms with Crippen LogP contribution in [0.4, 0.5) is 0 Å². The average molecular weight is 241 g/mol. The molecule has 0 aliphatic heterocycles. The molecule has 0 heterocycles. The minimum Gasteiger partial charge on any atom is -0.389 e. The molecule has 0 radical (unpaired) electrons. The van der Waals surface area contributed by atoms with Crippen LogP contribution in [0.2, 0.25) is 0 Å². The summed E-state index contributed by atoms with van der Waals surface area (Å²) in [6.07, 6.45) is 2.17. The van der Waals surface area contributed by atoms with Crippen LogP contribution in [0.5, 0.6) is 0 Å². The molecule has 0 aromatic heterocycles. The maximum absolute atomic E-state index is 9.86. The Morgan fingerprint density at radius 1 is 1.25 bits per heavy atom. The van der Waals surface area contributed by atoms with Gasteiger partial charge in [0.15, 0.2) is 0 Å². The first-order valence-corrected chi connectivity index (χ1v) is 6.18. The molecular formula is C13H17ClO2. The molecule has 1 aliphatic carbocycles. The first-order valence-electron chi connectivity index (χ1n) is 5.75. The van der Waals surface area contributed by atoms with E-state index < -0.39 is 6.10 Å². The molecule has 88 valence electrons. The third kappa shape index (κ3) is 2.97. The summed E-state index contributed by atoms with van der Waals surface area (Å²) in [4.78, 5) is 0. The molecule has 1 aliphatic rings. The number of hydrogen-bond donors (Lipinski definition) is 1. The molecule has 0 amide bonds. The Kier molecular flexibility index (Phi) is 4.22. The monoisotopic (exact) mass is 240 g/mol. The number of benzene rings is 1. The van der Waals surface area contributed by atoms with Crippen LogP contribution in [0.1, 0.15) is 24.8 Å². The van der Waals surface area contributed by atoms with Gasteiger partial charge in [-0.25, -0.2) is 0 Å². The van der Waals surface area contributed by atoms with Gasteiger partial charge in [0.25, 0.3) is 0 Å². The Bertz CT molecular complexity index is 315. The molecule has 2 nitrogen and oxygen atoms in total. The van der Waals surface area contributed by atoms with Crippen molar-refractivity contribution >= 4 is 11.6 Å². The summed E-state index contributed by atoms with van der Waals surface area (Å²) < 4.78 is 5.72. The Balaban J connectivity index is 1.85. The largest absolute Gasteiger partial charge is 0.389 e. The summed E-state index contributed by atoms with van der Waals surface area (Å²) in [7, 11) is 0. The van der Waals surface area contributed by atoms with Crippen molar-refractivity contribution in [2.75, 3.05) is 0 Å². The SMILES string of the molecule is O[C@H]1C(OCc2ccccc2)CCC[C@@H]1Cl. The predicted octanol–water partition coefficient (Wildman–Crippen LogP) is 2.72. The highest BCUT2D eigenvalue weighted by molar-refractivity contribution is 6.21. The lowest BCUT2D eigenvalue weighted by molar-refractivity contribution is -0.0641. The first-order chi connectivity index (χ1) is 7.77. The fourth-order valence-electron chi connectivity index (χ4n) is 2.05. The van der Waals surface area contributed by atoms with Crippen molar-refractivity contribution in [3.05, 3.63) is 35.9 Å². The molecule has 3 heteroatoms. The van der Waals surface area contributed by atoms with Crippen LogP contribution in [-0.2, 0) is 11.3 Å². The molecule has 1 saturated carbocycles. The van der Waals surface area contributed by atoms with Crippen molar-refractivity contribution in [1.29, 1.82) is 0 Å². The van der Waals surface area contributed by atoms with E-state index >= 15 is 0 Å². The Morgan fingerprint density at radius 2 is 2.00 bits per heavy atom. The van der Waals surface area contributed by atoms with E-state index in [4.69, 9.17) is 16.3 Å². The van der Waals surface area contributed by atoms with Crippen LogP contribution in [0, 0.1) is 0 Å². The van der Waals surface area contributed by atoms with Gasteiger partial charge in [-0.1, -0.05) is 30.3 Å². The molecular weight excluding hydrogens is 224 g/mol. The molecule has 1 unspecified atom stereocenters. The summed E-state index contributed by atoms with van der Waals surface area (Å²) in [5, 5.41) is 9.70. The Labute approximate surface area is 101 Å². The molecule has 1 N–H and O–H groups in total. The van der Waals surface area contributed by atoms with Gasteiger partial charge in [0.1, 0.15) is 0 Å². The van der Waals surface area contributed by atoms with E-state index in [1.54, 1.807) is 0 Å². The van der Waals surface area contributed by atoms with Gasteiger partial charge >= 0.3 is 0 Å². The second-order valence-electron chi connectivity index (χ2n) is 4.27. The number of ether oxygens (including phenoxy) is 1. The van der Waals surface area contributed by atoms with E-state index in [1.165, 1.54) is 0 Å². The number of hydrogen-bond acceptors (Lipinski definition) is 2. The lowest BCUT2D eigenvalue weighted by Gasteiger charge is -2.31. The second-order valence-corrected chi connectivity index (χ2v) is 4.83. The molecule has 0 saturated heterocycles. The summed E-state index contributed by atoms with van der Waals surface area (Å²) >= 11 is 6.01. The standard InChI is InChI=1S/C13H17ClO2/c14-11-7-4-8-12(13(11)15)16-9-10-5-2-1-3-6-10/h1-3,5-6,11-13,15H,4,7-9H2/t11-,12?,13+/m0/s1. The summed E-state index contributed by atoms with van der Waals surface area (Å²) in [6.45, 7) is 0.548. The van der Waals surface area contributed by atoms with Crippen LogP contribution in [-0.4, -0.2) is 22.7 Å². The fraction of sp³-hybridized carbons (Fsp3) is 0.538. The van der Waals surface area contributed by atoms with Gasteiger partial charge in [-0.3, -0.25) is 0 Å². The lowest BCUT2D eigenvalue weighted by atomic mass is 9.94. The van der Waals surface area contributed by atoms with Gasteiger partial charge < -0.3 is 9.84 Å². The maximum atomic E-state index is 9.86. The normalized spacial score (nSPS) is 30.2. The quantitative estimate of drug-likeness (QED) is 0.824. The predicted molar refractivity (Wildman–Crippen MR) is 64.5 cm³/mol. The Morgan fingerprint density at radius 3 is 2.75 bits per heavy atom. The van der Waals surface area contributed by atoms with E-state index in [0.29, 0.717) is 6.61 Å². The van der Waals surface area contributed by atoms with Crippen LogP contribution in [0.3, 0.4) is 0 Å². The minimum absolute atomic E-state index is 0.114. The second kappa shape index (κ2) is 5.67. The number of aliphatic hydroxyl groups is 1. The molecule has 1 aromatic rings. The van der Waals surface area contributed by atoms with Gasteiger partial charge in [-0.15, -0.1) is 11.6 Å². The molecule has 1 aromatic carbocycles. The van der Waals surface area contributed by atoms with E-state index in [-0.39, 0.29) is 11.5 Å². The molecule has 3 atom stereocenters. The molecule has 0 spiro atoms. The van der Waals surface area contributed by atoms with Crippen molar-refractivity contribution in [2.24, 2.45) is 0 Å².